The molecule has 15 nitrogen and oxygen atoms in total. The zero-order valence-corrected chi connectivity index (χ0v) is 30.8. The molecule has 4 aliphatic rings. The fraction of sp³-hybridized carbons (Fsp3) is 0.500. The summed E-state index contributed by atoms with van der Waals surface area (Å²) in [7, 11) is 3.87. The van der Waals surface area contributed by atoms with Gasteiger partial charge in [-0.05, 0) is 76.1 Å². The van der Waals surface area contributed by atoms with Gasteiger partial charge in [-0.2, -0.15) is 5.10 Å². The summed E-state index contributed by atoms with van der Waals surface area (Å²) in [5, 5.41) is 9.04. The van der Waals surface area contributed by atoms with E-state index in [9.17, 15) is 32.8 Å². The lowest BCUT2D eigenvalue weighted by atomic mass is 9.84. The maximum absolute atomic E-state index is 14.2. The summed E-state index contributed by atoms with van der Waals surface area (Å²) in [5.74, 6) is -1.74. The molecule has 2 saturated heterocycles. The van der Waals surface area contributed by atoms with Crippen molar-refractivity contribution in [2.45, 2.75) is 75.9 Å². The van der Waals surface area contributed by atoms with E-state index in [0.29, 0.717) is 36.0 Å². The van der Waals surface area contributed by atoms with Crippen LogP contribution in [-0.2, 0) is 21.4 Å². The number of amides is 4. The standard InChI is InChI=1S/C38H44F2N10O5/c1-45(23-13-17-47(18-14-23)27-5-3-6-28-32(27)46(2)38(55)50(28)29-11-12-30(51)44-36(29)53)20-22-7-9-24(10-8-22)48-21-26(31(33(39)40)37(48)54)43-35(52)25-19-42-49-16-4-15-41-34(25)49/h3-6,15-16,19,22-24,29,33H,7-14,17-18,20-21H2,1-2H3,(H,43,52)(H,44,51,53)/t22-,24-,29?. The Hall–Kier alpha value is -5.45. The van der Waals surface area contributed by atoms with Crippen molar-refractivity contribution in [1.82, 2.24) is 44.2 Å². The van der Waals surface area contributed by atoms with Gasteiger partial charge in [0.05, 0.1) is 35.2 Å². The quantitative estimate of drug-likeness (QED) is 0.245. The van der Waals surface area contributed by atoms with Gasteiger partial charge in [-0.3, -0.25) is 33.6 Å². The Morgan fingerprint density at radius 3 is 2.53 bits per heavy atom. The molecule has 55 heavy (non-hydrogen) atoms. The van der Waals surface area contributed by atoms with Gasteiger partial charge in [-0.25, -0.2) is 23.1 Å². The lowest BCUT2D eigenvalue weighted by molar-refractivity contribution is -0.135. The van der Waals surface area contributed by atoms with Crippen molar-refractivity contribution >= 4 is 46.0 Å². The van der Waals surface area contributed by atoms with Crippen LogP contribution in [-0.4, -0.2) is 109 Å². The number of carbonyl (C=O) groups excluding carboxylic acids is 4. The Morgan fingerprint density at radius 1 is 1.04 bits per heavy atom. The molecule has 6 heterocycles. The summed E-state index contributed by atoms with van der Waals surface area (Å²) in [6.45, 7) is 2.40. The van der Waals surface area contributed by atoms with Crippen molar-refractivity contribution in [3.63, 3.8) is 0 Å². The number of aromatic nitrogens is 5. The molecule has 2 N–H and O–H groups in total. The van der Waals surface area contributed by atoms with Gasteiger partial charge in [0, 0.05) is 57.6 Å². The fourth-order valence-electron chi connectivity index (χ4n) is 9.08. The molecular formula is C38H44F2N10O5. The van der Waals surface area contributed by atoms with Gasteiger partial charge in [0.2, 0.25) is 11.8 Å². The highest BCUT2D eigenvalue weighted by Crippen LogP contribution is 2.35. The third kappa shape index (κ3) is 6.67. The molecule has 3 fully saturated rings. The topological polar surface area (TPSA) is 159 Å². The van der Waals surface area contributed by atoms with Crippen LogP contribution in [0.3, 0.4) is 0 Å². The van der Waals surface area contributed by atoms with Crippen molar-refractivity contribution in [3.8, 4) is 0 Å². The molecule has 1 aromatic carbocycles. The zero-order valence-electron chi connectivity index (χ0n) is 30.8. The van der Waals surface area contributed by atoms with E-state index in [-0.39, 0.29) is 48.3 Å². The van der Waals surface area contributed by atoms with Crippen molar-refractivity contribution in [2.75, 3.05) is 38.1 Å². The van der Waals surface area contributed by atoms with E-state index < -0.39 is 35.8 Å². The summed E-state index contributed by atoms with van der Waals surface area (Å²) in [6.07, 6.45) is 6.87. The molecule has 0 spiro atoms. The minimum absolute atomic E-state index is 0.0705. The molecule has 290 valence electrons. The number of rotatable bonds is 9. The third-order valence-electron chi connectivity index (χ3n) is 12.0. The highest BCUT2D eigenvalue weighted by Gasteiger charge is 2.41. The molecule has 1 unspecified atom stereocenters. The summed E-state index contributed by atoms with van der Waals surface area (Å²) < 4.78 is 32.9. The number of para-hydroxylation sites is 1. The van der Waals surface area contributed by atoms with Gasteiger partial charge in [-0.1, -0.05) is 6.07 Å². The number of anilines is 1. The summed E-state index contributed by atoms with van der Waals surface area (Å²) in [4.78, 5) is 74.6. The normalized spacial score (nSPS) is 22.9. The molecule has 0 radical (unpaired) electrons. The first kappa shape index (κ1) is 36.5. The maximum Gasteiger partial charge on any atom is 0.329 e. The molecule has 8 rings (SSSR count). The number of fused-ring (bicyclic) bond motifs is 2. The van der Waals surface area contributed by atoms with E-state index in [4.69, 9.17) is 0 Å². The number of halogens is 2. The van der Waals surface area contributed by atoms with Gasteiger partial charge in [0.15, 0.2) is 5.65 Å². The van der Waals surface area contributed by atoms with Gasteiger partial charge >= 0.3 is 5.69 Å². The van der Waals surface area contributed by atoms with Crippen molar-refractivity contribution in [2.24, 2.45) is 13.0 Å². The molecule has 17 heteroatoms. The van der Waals surface area contributed by atoms with Gasteiger partial charge in [0.1, 0.15) is 17.2 Å². The number of imidazole rings is 1. The highest BCUT2D eigenvalue weighted by atomic mass is 19.3. The molecule has 3 aromatic heterocycles. The second kappa shape index (κ2) is 14.7. The number of hydrogen-bond acceptors (Lipinski definition) is 9. The van der Waals surface area contributed by atoms with Crippen LogP contribution in [0.25, 0.3) is 16.7 Å². The van der Waals surface area contributed by atoms with Crippen molar-refractivity contribution in [3.05, 3.63) is 70.2 Å². The van der Waals surface area contributed by atoms with Gasteiger partial charge in [0.25, 0.3) is 18.2 Å². The number of carbonyl (C=O) groups is 4. The van der Waals surface area contributed by atoms with Crippen LogP contribution in [0.15, 0.2) is 58.9 Å². The number of benzene rings is 1. The Morgan fingerprint density at radius 2 is 1.80 bits per heavy atom. The molecular weight excluding hydrogens is 714 g/mol. The Bertz CT molecular complexity index is 2260. The first-order chi connectivity index (χ1) is 26.5. The van der Waals surface area contributed by atoms with Crippen LogP contribution >= 0.6 is 0 Å². The predicted octanol–water partition coefficient (Wildman–Crippen LogP) is 2.61. The number of aryl methyl sites for hydroxylation is 1. The number of hydrogen-bond donors (Lipinski definition) is 2. The predicted molar refractivity (Wildman–Crippen MR) is 197 cm³/mol. The largest absolute Gasteiger partial charge is 0.370 e. The van der Waals surface area contributed by atoms with E-state index in [1.54, 1.807) is 23.9 Å². The molecule has 1 saturated carbocycles. The fourth-order valence-corrected chi connectivity index (χ4v) is 9.08. The second-order valence-electron chi connectivity index (χ2n) is 15.2. The number of piperidine rings is 2. The minimum atomic E-state index is -3.02. The molecule has 1 atom stereocenters. The van der Waals surface area contributed by atoms with Gasteiger partial charge in [-0.15, -0.1) is 0 Å². The average Bonchev–Trinajstić information content (AvgIpc) is 3.83. The average molecular weight is 759 g/mol. The van der Waals surface area contributed by atoms with Crippen LogP contribution < -0.4 is 21.2 Å². The lowest BCUT2D eigenvalue weighted by Gasteiger charge is -2.41. The van der Waals surface area contributed by atoms with Crippen molar-refractivity contribution in [1.29, 1.82) is 0 Å². The van der Waals surface area contributed by atoms with E-state index in [2.05, 4.69) is 37.6 Å². The van der Waals surface area contributed by atoms with Crippen LogP contribution in [0.1, 0.15) is 67.8 Å². The zero-order chi connectivity index (χ0) is 38.5. The Kier molecular flexibility index (Phi) is 9.73. The third-order valence-corrected chi connectivity index (χ3v) is 12.0. The first-order valence-corrected chi connectivity index (χ1v) is 18.9. The molecule has 3 aliphatic heterocycles. The number of nitrogens with one attached hydrogen (secondary N) is 2. The van der Waals surface area contributed by atoms with E-state index in [1.807, 2.05) is 18.2 Å². The Balaban J connectivity index is 0.855. The summed E-state index contributed by atoms with van der Waals surface area (Å²) >= 11 is 0. The lowest BCUT2D eigenvalue weighted by Crippen LogP contribution is -2.46. The van der Waals surface area contributed by atoms with Crippen molar-refractivity contribution < 1.29 is 28.0 Å². The van der Waals surface area contributed by atoms with E-state index in [0.717, 1.165) is 56.5 Å². The Labute approximate surface area is 314 Å². The summed E-state index contributed by atoms with van der Waals surface area (Å²) in [6, 6.07) is 6.87. The van der Waals surface area contributed by atoms with E-state index >= 15 is 0 Å². The number of alkyl halides is 2. The maximum atomic E-state index is 14.2. The number of nitrogens with zero attached hydrogens (tertiary/aromatic N) is 8. The number of imide groups is 1. The molecule has 1 aliphatic carbocycles. The van der Waals surface area contributed by atoms with Crippen LogP contribution in [0.2, 0.25) is 0 Å². The van der Waals surface area contributed by atoms with Crippen LogP contribution in [0, 0.1) is 5.92 Å². The van der Waals surface area contributed by atoms with Gasteiger partial charge < -0.3 is 20.0 Å². The first-order valence-electron chi connectivity index (χ1n) is 18.9. The minimum Gasteiger partial charge on any atom is -0.370 e. The summed E-state index contributed by atoms with van der Waals surface area (Å²) in [5.41, 5.74) is 1.80. The molecule has 0 bridgehead atoms. The van der Waals surface area contributed by atoms with Crippen LogP contribution in [0.5, 0.6) is 0 Å². The monoisotopic (exact) mass is 758 g/mol. The molecule has 4 aromatic rings. The smallest absolute Gasteiger partial charge is 0.329 e. The second-order valence-corrected chi connectivity index (χ2v) is 15.2. The SMILES string of the molecule is CN(C[C@H]1CC[C@H](N2CC(NC(=O)c3cnn4cccnc34)=C(C(F)F)C2=O)CC1)C1CCN(c2cccc3c2n(C)c(=O)n3C2CCC(=O)NC2=O)CC1. The van der Waals surface area contributed by atoms with Crippen LogP contribution in [0.4, 0.5) is 14.5 Å². The highest BCUT2D eigenvalue weighted by molar-refractivity contribution is 6.04. The molecule has 4 amide bonds. The van der Waals surface area contributed by atoms with E-state index in [1.165, 1.54) is 26.4 Å².